The molecule has 0 aromatic heterocycles. The standard InChI is InChI=1S/C21H24FN3O4/c1-28-20-8-5-14(12-19(20)26)18-4-2-10-25(24-18)21(27)16-7-6-15(13-17(16)22)29-11-3-9-23/h5-8,12-13,26H,2-4,9-11,23H2,1H3. The molecule has 7 nitrogen and oxygen atoms in total. The zero-order valence-corrected chi connectivity index (χ0v) is 16.2. The third kappa shape index (κ3) is 4.83. The first kappa shape index (κ1) is 20.6. The maximum absolute atomic E-state index is 14.5. The van der Waals surface area contributed by atoms with Gasteiger partial charge in [-0.3, -0.25) is 4.79 Å². The first-order valence-corrected chi connectivity index (χ1v) is 9.42. The van der Waals surface area contributed by atoms with Crippen molar-refractivity contribution in [3.05, 3.63) is 53.3 Å². The lowest BCUT2D eigenvalue weighted by molar-refractivity contribution is 0.0747. The largest absolute Gasteiger partial charge is 0.504 e. The lowest BCUT2D eigenvalue weighted by atomic mass is 10.0. The van der Waals surface area contributed by atoms with E-state index in [0.29, 0.717) is 61.7 Å². The summed E-state index contributed by atoms with van der Waals surface area (Å²) in [5.74, 6) is -0.485. The van der Waals surface area contributed by atoms with Gasteiger partial charge in [-0.05, 0) is 56.1 Å². The molecule has 3 N–H and O–H groups in total. The molecule has 0 fully saturated rings. The average molecular weight is 401 g/mol. The quantitative estimate of drug-likeness (QED) is 0.696. The lowest BCUT2D eigenvalue weighted by Gasteiger charge is -2.24. The van der Waals surface area contributed by atoms with Crippen LogP contribution in [0.4, 0.5) is 4.39 Å². The van der Waals surface area contributed by atoms with Crippen molar-refractivity contribution in [2.75, 3.05) is 26.8 Å². The van der Waals surface area contributed by atoms with Crippen molar-refractivity contribution in [1.29, 1.82) is 0 Å². The molecule has 0 saturated carbocycles. The van der Waals surface area contributed by atoms with Crippen molar-refractivity contribution in [3.63, 3.8) is 0 Å². The topological polar surface area (TPSA) is 97.4 Å². The minimum absolute atomic E-state index is 0.00702. The first-order valence-electron chi connectivity index (χ1n) is 9.42. The Labute approximate surface area is 168 Å². The molecule has 1 heterocycles. The summed E-state index contributed by atoms with van der Waals surface area (Å²) in [4.78, 5) is 12.8. The Kier molecular flexibility index (Phi) is 6.66. The van der Waals surface area contributed by atoms with E-state index < -0.39 is 11.7 Å². The Morgan fingerprint density at radius 2 is 2.14 bits per heavy atom. The molecule has 0 aliphatic carbocycles. The minimum Gasteiger partial charge on any atom is -0.504 e. The Morgan fingerprint density at radius 3 is 2.83 bits per heavy atom. The highest BCUT2D eigenvalue weighted by atomic mass is 19.1. The van der Waals surface area contributed by atoms with Gasteiger partial charge < -0.3 is 20.3 Å². The van der Waals surface area contributed by atoms with Gasteiger partial charge >= 0.3 is 0 Å². The smallest absolute Gasteiger partial charge is 0.276 e. The van der Waals surface area contributed by atoms with E-state index in [-0.39, 0.29) is 11.3 Å². The summed E-state index contributed by atoms with van der Waals surface area (Å²) in [6, 6.07) is 9.09. The number of aromatic hydroxyl groups is 1. The fourth-order valence-corrected chi connectivity index (χ4v) is 3.03. The summed E-state index contributed by atoms with van der Waals surface area (Å²) < 4.78 is 24.9. The van der Waals surface area contributed by atoms with Crippen LogP contribution in [0.2, 0.25) is 0 Å². The van der Waals surface area contributed by atoms with Gasteiger partial charge in [0.2, 0.25) is 0 Å². The van der Waals surface area contributed by atoms with Gasteiger partial charge in [0.05, 0.1) is 25.0 Å². The first-order chi connectivity index (χ1) is 14.0. The second-order valence-corrected chi connectivity index (χ2v) is 6.60. The number of halogens is 1. The molecule has 8 heteroatoms. The number of rotatable bonds is 7. The highest BCUT2D eigenvalue weighted by molar-refractivity contribution is 6.03. The van der Waals surface area contributed by atoms with Crippen molar-refractivity contribution in [2.24, 2.45) is 10.8 Å². The summed E-state index contributed by atoms with van der Waals surface area (Å²) in [6.45, 7) is 1.26. The second-order valence-electron chi connectivity index (χ2n) is 6.60. The number of carbonyl (C=O) groups excluding carboxylic acids is 1. The molecular formula is C21H24FN3O4. The molecule has 1 aliphatic rings. The van der Waals surface area contributed by atoms with E-state index in [2.05, 4.69) is 5.10 Å². The Morgan fingerprint density at radius 1 is 1.31 bits per heavy atom. The predicted octanol–water partition coefficient (Wildman–Crippen LogP) is 2.91. The van der Waals surface area contributed by atoms with Gasteiger partial charge in [0.1, 0.15) is 11.6 Å². The van der Waals surface area contributed by atoms with Crippen LogP contribution in [0, 0.1) is 5.82 Å². The normalized spacial score (nSPS) is 13.8. The maximum Gasteiger partial charge on any atom is 0.276 e. The summed E-state index contributed by atoms with van der Waals surface area (Å²) in [5.41, 5.74) is 6.67. The van der Waals surface area contributed by atoms with Crippen molar-refractivity contribution in [2.45, 2.75) is 19.3 Å². The van der Waals surface area contributed by atoms with E-state index in [1.54, 1.807) is 24.3 Å². The lowest BCUT2D eigenvalue weighted by Crippen LogP contribution is -2.32. The van der Waals surface area contributed by atoms with Crippen LogP contribution >= 0.6 is 0 Å². The molecule has 3 rings (SSSR count). The summed E-state index contributed by atoms with van der Waals surface area (Å²) >= 11 is 0. The number of ether oxygens (including phenoxy) is 2. The van der Waals surface area contributed by atoms with Gasteiger partial charge in [0.15, 0.2) is 11.5 Å². The number of nitrogens with zero attached hydrogens (tertiary/aromatic N) is 2. The van der Waals surface area contributed by atoms with Gasteiger partial charge in [-0.25, -0.2) is 9.40 Å². The number of methoxy groups -OCH3 is 1. The van der Waals surface area contributed by atoms with Crippen LogP contribution < -0.4 is 15.2 Å². The Hall–Kier alpha value is -3.13. The van der Waals surface area contributed by atoms with Gasteiger partial charge in [-0.15, -0.1) is 0 Å². The number of carbonyl (C=O) groups is 1. The predicted molar refractivity (Wildman–Crippen MR) is 107 cm³/mol. The third-order valence-corrected chi connectivity index (χ3v) is 4.56. The van der Waals surface area contributed by atoms with Crippen LogP contribution in [0.1, 0.15) is 35.2 Å². The van der Waals surface area contributed by atoms with Crippen LogP contribution in [-0.4, -0.2) is 48.5 Å². The van der Waals surface area contributed by atoms with Crippen LogP contribution in [0.3, 0.4) is 0 Å². The number of amides is 1. The number of nitrogens with two attached hydrogens (primary N) is 1. The van der Waals surface area contributed by atoms with Crippen LogP contribution in [0.25, 0.3) is 0 Å². The Bertz CT molecular complexity index is 917. The van der Waals surface area contributed by atoms with E-state index in [9.17, 15) is 14.3 Å². The van der Waals surface area contributed by atoms with Crippen molar-refractivity contribution >= 4 is 11.6 Å². The zero-order valence-electron chi connectivity index (χ0n) is 16.2. The number of benzene rings is 2. The summed E-state index contributed by atoms with van der Waals surface area (Å²) in [5, 5.41) is 15.6. The van der Waals surface area contributed by atoms with Gasteiger partial charge in [-0.2, -0.15) is 5.10 Å². The third-order valence-electron chi connectivity index (χ3n) is 4.56. The number of hydrazone groups is 1. The Balaban J connectivity index is 1.78. The fourth-order valence-electron chi connectivity index (χ4n) is 3.03. The van der Waals surface area contributed by atoms with E-state index in [4.69, 9.17) is 15.2 Å². The van der Waals surface area contributed by atoms with Crippen LogP contribution in [0.15, 0.2) is 41.5 Å². The van der Waals surface area contributed by atoms with Crippen molar-refractivity contribution in [3.8, 4) is 17.2 Å². The number of phenols is 1. The van der Waals surface area contributed by atoms with Gasteiger partial charge in [-0.1, -0.05) is 0 Å². The molecule has 0 saturated heterocycles. The van der Waals surface area contributed by atoms with Crippen molar-refractivity contribution < 1.29 is 23.8 Å². The molecule has 0 radical (unpaired) electrons. The molecule has 0 bridgehead atoms. The van der Waals surface area contributed by atoms with Crippen LogP contribution in [0.5, 0.6) is 17.2 Å². The molecule has 1 aliphatic heterocycles. The monoisotopic (exact) mass is 401 g/mol. The summed E-state index contributed by atoms with van der Waals surface area (Å²) in [6.07, 6.45) is 1.99. The molecule has 0 atom stereocenters. The van der Waals surface area contributed by atoms with Crippen LogP contribution in [-0.2, 0) is 0 Å². The molecular weight excluding hydrogens is 377 g/mol. The second kappa shape index (κ2) is 9.38. The van der Waals surface area contributed by atoms with E-state index in [1.165, 1.54) is 24.3 Å². The highest BCUT2D eigenvalue weighted by Gasteiger charge is 2.23. The molecule has 2 aromatic rings. The maximum atomic E-state index is 14.5. The van der Waals surface area contributed by atoms with Gasteiger partial charge in [0.25, 0.3) is 5.91 Å². The van der Waals surface area contributed by atoms with Crippen molar-refractivity contribution in [1.82, 2.24) is 5.01 Å². The van der Waals surface area contributed by atoms with Gasteiger partial charge in [0, 0.05) is 18.2 Å². The zero-order chi connectivity index (χ0) is 20.8. The highest BCUT2D eigenvalue weighted by Crippen LogP contribution is 2.28. The number of hydrogen-bond acceptors (Lipinski definition) is 6. The minimum atomic E-state index is -0.662. The SMILES string of the molecule is COc1ccc(C2=NN(C(=O)c3ccc(OCCCN)cc3F)CCC2)cc1O. The van der Waals surface area contributed by atoms with E-state index in [0.717, 1.165) is 0 Å². The van der Waals surface area contributed by atoms with E-state index >= 15 is 0 Å². The molecule has 2 aromatic carbocycles. The molecule has 29 heavy (non-hydrogen) atoms. The van der Waals surface area contributed by atoms with E-state index in [1.807, 2.05) is 0 Å². The number of hydrogen-bond donors (Lipinski definition) is 2. The molecule has 154 valence electrons. The molecule has 0 unspecified atom stereocenters. The fraction of sp³-hybridized carbons (Fsp3) is 0.333. The number of phenolic OH excluding ortho intramolecular Hbond substituents is 1. The average Bonchev–Trinajstić information content (AvgIpc) is 2.73. The molecule has 0 spiro atoms. The molecule has 1 amide bonds. The summed E-state index contributed by atoms with van der Waals surface area (Å²) in [7, 11) is 1.47.